The van der Waals surface area contributed by atoms with Gasteiger partial charge in [0.15, 0.2) is 0 Å². The molecule has 1 amide bonds. The molecule has 0 atom stereocenters. The van der Waals surface area contributed by atoms with Gasteiger partial charge < -0.3 is 4.90 Å². The van der Waals surface area contributed by atoms with Gasteiger partial charge in [-0.15, -0.1) is 0 Å². The largest absolute Gasteiger partial charge is 0.337 e. The van der Waals surface area contributed by atoms with E-state index in [0.717, 1.165) is 11.1 Å². The standard InChI is InChI=1S/C24H25FN2O3S/c1-17-8-12-22(13-9-17)31(29,30)27(4)23-15-20(11-10-18(23)2)24(28)26(3)16-19-6-5-7-21(25)14-19/h5-15H,16H2,1-4H3. The van der Waals surface area contributed by atoms with E-state index in [4.69, 9.17) is 0 Å². The third-order valence-corrected chi connectivity index (χ3v) is 6.92. The second-order valence-electron chi connectivity index (χ2n) is 7.58. The summed E-state index contributed by atoms with van der Waals surface area (Å²) in [6.07, 6.45) is 0. The molecule has 0 aromatic heterocycles. The number of aryl methyl sites for hydroxylation is 2. The Bertz CT molecular complexity index is 1210. The molecule has 0 unspecified atom stereocenters. The van der Waals surface area contributed by atoms with Gasteiger partial charge in [-0.3, -0.25) is 9.10 Å². The lowest BCUT2D eigenvalue weighted by atomic mass is 10.1. The van der Waals surface area contributed by atoms with Crippen LogP contribution in [-0.4, -0.2) is 33.3 Å². The van der Waals surface area contributed by atoms with E-state index in [1.807, 2.05) is 6.92 Å². The maximum absolute atomic E-state index is 13.4. The average Bonchev–Trinajstić information content (AvgIpc) is 2.73. The van der Waals surface area contributed by atoms with Crippen molar-refractivity contribution in [3.63, 3.8) is 0 Å². The van der Waals surface area contributed by atoms with Crippen molar-refractivity contribution in [1.29, 1.82) is 0 Å². The Hall–Kier alpha value is -3.19. The van der Waals surface area contributed by atoms with Crippen molar-refractivity contribution < 1.29 is 17.6 Å². The van der Waals surface area contributed by atoms with Crippen molar-refractivity contribution in [2.24, 2.45) is 0 Å². The fourth-order valence-electron chi connectivity index (χ4n) is 3.28. The van der Waals surface area contributed by atoms with E-state index < -0.39 is 10.0 Å². The Morgan fingerprint density at radius 2 is 1.61 bits per heavy atom. The predicted molar refractivity (Wildman–Crippen MR) is 120 cm³/mol. The minimum Gasteiger partial charge on any atom is -0.337 e. The minimum atomic E-state index is -3.78. The Labute approximate surface area is 182 Å². The van der Waals surface area contributed by atoms with Crippen LogP contribution >= 0.6 is 0 Å². The van der Waals surface area contributed by atoms with Gasteiger partial charge >= 0.3 is 0 Å². The van der Waals surface area contributed by atoms with Crippen LogP contribution in [0.4, 0.5) is 10.1 Å². The predicted octanol–water partition coefficient (Wildman–Crippen LogP) is 4.54. The van der Waals surface area contributed by atoms with Crippen molar-refractivity contribution in [2.75, 3.05) is 18.4 Å². The topological polar surface area (TPSA) is 57.7 Å². The third-order valence-electron chi connectivity index (χ3n) is 5.13. The number of halogens is 1. The van der Waals surface area contributed by atoms with Gasteiger partial charge in [0, 0.05) is 26.2 Å². The maximum atomic E-state index is 13.4. The van der Waals surface area contributed by atoms with E-state index in [-0.39, 0.29) is 23.2 Å². The zero-order chi connectivity index (χ0) is 22.8. The molecular formula is C24H25FN2O3S. The molecule has 3 aromatic carbocycles. The summed E-state index contributed by atoms with van der Waals surface area (Å²) in [5.74, 6) is -0.648. The molecule has 5 nitrogen and oxygen atoms in total. The molecule has 0 radical (unpaired) electrons. The molecule has 0 saturated carbocycles. The summed E-state index contributed by atoms with van der Waals surface area (Å²) in [6.45, 7) is 3.91. The number of carbonyl (C=O) groups is 1. The number of rotatable bonds is 6. The first kappa shape index (κ1) is 22.5. The fourth-order valence-corrected chi connectivity index (χ4v) is 4.53. The van der Waals surface area contributed by atoms with E-state index in [0.29, 0.717) is 16.8 Å². The van der Waals surface area contributed by atoms with Gasteiger partial charge in [-0.05, 0) is 61.4 Å². The molecule has 0 aliphatic heterocycles. The fraction of sp³-hybridized carbons (Fsp3) is 0.208. The number of sulfonamides is 1. The molecule has 0 bridgehead atoms. The van der Waals surface area contributed by atoms with E-state index >= 15 is 0 Å². The van der Waals surface area contributed by atoms with Crippen LogP contribution in [0.5, 0.6) is 0 Å². The van der Waals surface area contributed by atoms with Gasteiger partial charge in [-0.1, -0.05) is 35.9 Å². The molecule has 0 aliphatic carbocycles. The van der Waals surface area contributed by atoms with Gasteiger partial charge in [0.1, 0.15) is 5.82 Å². The minimum absolute atomic E-state index is 0.181. The van der Waals surface area contributed by atoms with Gasteiger partial charge in [0.05, 0.1) is 10.6 Å². The summed E-state index contributed by atoms with van der Waals surface area (Å²) in [5.41, 5.74) is 3.13. The summed E-state index contributed by atoms with van der Waals surface area (Å²) < 4.78 is 40.8. The maximum Gasteiger partial charge on any atom is 0.264 e. The van der Waals surface area contributed by atoms with E-state index in [9.17, 15) is 17.6 Å². The Morgan fingerprint density at radius 1 is 0.935 bits per heavy atom. The smallest absolute Gasteiger partial charge is 0.264 e. The van der Waals surface area contributed by atoms with Crippen LogP contribution in [0, 0.1) is 19.7 Å². The first-order valence-corrected chi connectivity index (χ1v) is 11.2. The molecule has 0 aliphatic rings. The molecule has 0 heterocycles. The van der Waals surface area contributed by atoms with Gasteiger partial charge in [-0.2, -0.15) is 0 Å². The molecule has 0 saturated heterocycles. The molecule has 3 rings (SSSR count). The highest BCUT2D eigenvalue weighted by molar-refractivity contribution is 7.92. The highest BCUT2D eigenvalue weighted by Gasteiger charge is 2.24. The van der Waals surface area contributed by atoms with Crippen molar-refractivity contribution in [3.05, 3.63) is 94.8 Å². The lowest BCUT2D eigenvalue weighted by Crippen LogP contribution is -2.29. The lowest BCUT2D eigenvalue weighted by molar-refractivity contribution is 0.0785. The van der Waals surface area contributed by atoms with Crippen LogP contribution in [-0.2, 0) is 16.6 Å². The lowest BCUT2D eigenvalue weighted by Gasteiger charge is -2.23. The zero-order valence-electron chi connectivity index (χ0n) is 18.0. The molecule has 31 heavy (non-hydrogen) atoms. The number of hydrogen-bond donors (Lipinski definition) is 0. The molecular weight excluding hydrogens is 415 g/mol. The summed E-state index contributed by atoms with van der Waals surface area (Å²) in [4.78, 5) is 14.6. The number of benzene rings is 3. The molecule has 162 valence electrons. The SMILES string of the molecule is Cc1ccc(S(=O)(=O)N(C)c2cc(C(=O)N(C)Cc3cccc(F)c3)ccc2C)cc1. The molecule has 7 heteroatoms. The number of carbonyl (C=O) groups excluding carboxylic acids is 1. The van der Waals surface area contributed by atoms with Gasteiger partial charge in [0.25, 0.3) is 15.9 Å². The molecule has 0 N–H and O–H groups in total. The summed E-state index contributed by atoms with van der Waals surface area (Å²) in [7, 11) is -0.682. The van der Waals surface area contributed by atoms with Crippen LogP contribution in [0.15, 0.2) is 71.6 Å². The summed E-state index contributed by atoms with van der Waals surface area (Å²) in [6, 6.07) is 17.7. The number of hydrogen-bond acceptors (Lipinski definition) is 3. The summed E-state index contributed by atoms with van der Waals surface area (Å²) >= 11 is 0. The second kappa shape index (κ2) is 8.89. The van der Waals surface area contributed by atoms with E-state index in [1.54, 1.807) is 68.6 Å². The number of amides is 1. The monoisotopic (exact) mass is 440 g/mol. The quantitative estimate of drug-likeness (QED) is 0.566. The average molecular weight is 441 g/mol. The Balaban J connectivity index is 1.88. The molecule has 0 spiro atoms. The molecule has 3 aromatic rings. The van der Waals surface area contributed by atoms with Crippen molar-refractivity contribution in [2.45, 2.75) is 25.3 Å². The normalized spacial score (nSPS) is 11.3. The number of nitrogens with zero attached hydrogens (tertiary/aromatic N) is 2. The highest BCUT2D eigenvalue weighted by atomic mass is 32.2. The first-order chi connectivity index (χ1) is 14.6. The first-order valence-electron chi connectivity index (χ1n) is 9.76. The molecule has 0 fully saturated rings. The van der Waals surface area contributed by atoms with Gasteiger partial charge in [0.2, 0.25) is 0 Å². The zero-order valence-corrected chi connectivity index (χ0v) is 18.8. The van der Waals surface area contributed by atoms with Crippen molar-refractivity contribution in [3.8, 4) is 0 Å². The number of anilines is 1. The van der Waals surface area contributed by atoms with Gasteiger partial charge in [-0.25, -0.2) is 12.8 Å². The van der Waals surface area contributed by atoms with Crippen molar-refractivity contribution >= 4 is 21.6 Å². The Kier molecular flexibility index (Phi) is 6.45. The van der Waals surface area contributed by atoms with Crippen LogP contribution in [0.2, 0.25) is 0 Å². The van der Waals surface area contributed by atoms with E-state index in [1.165, 1.54) is 28.4 Å². The van der Waals surface area contributed by atoms with Crippen LogP contribution in [0.3, 0.4) is 0 Å². The summed E-state index contributed by atoms with van der Waals surface area (Å²) in [5, 5.41) is 0. The second-order valence-corrected chi connectivity index (χ2v) is 9.55. The van der Waals surface area contributed by atoms with Crippen LogP contribution in [0.1, 0.15) is 27.0 Å². The Morgan fingerprint density at radius 3 is 2.26 bits per heavy atom. The van der Waals surface area contributed by atoms with Crippen molar-refractivity contribution in [1.82, 2.24) is 4.90 Å². The highest BCUT2D eigenvalue weighted by Crippen LogP contribution is 2.27. The third kappa shape index (κ3) is 4.94. The van der Waals surface area contributed by atoms with Crippen LogP contribution < -0.4 is 4.31 Å². The van der Waals surface area contributed by atoms with Crippen LogP contribution in [0.25, 0.3) is 0 Å². The van der Waals surface area contributed by atoms with E-state index in [2.05, 4.69) is 0 Å².